The van der Waals surface area contributed by atoms with Gasteiger partial charge in [0.05, 0.1) is 13.3 Å². The van der Waals surface area contributed by atoms with Crippen molar-refractivity contribution < 1.29 is 4.74 Å². The minimum Gasteiger partial charge on any atom is -0.497 e. The molecule has 0 saturated carbocycles. The van der Waals surface area contributed by atoms with Gasteiger partial charge in [-0.3, -0.25) is 4.68 Å². The van der Waals surface area contributed by atoms with E-state index in [4.69, 9.17) is 4.74 Å². The van der Waals surface area contributed by atoms with Crippen molar-refractivity contribution >= 4 is 0 Å². The van der Waals surface area contributed by atoms with Crippen molar-refractivity contribution in [3.8, 4) is 5.75 Å². The number of methoxy groups -OCH3 is 1. The molecule has 0 fully saturated rings. The molecular formula is C15H21N3O. The lowest BCUT2D eigenvalue weighted by Crippen LogP contribution is -2.22. The van der Waals surface area contributed by atoms with E-state index >= 15 is 0 Å². The van der Waals surface area contributed by atoms with Gasteiger partial charge in [-0.05, 0) is 30.7 Å². The molecule has 4 nitrogen and oxygen atoms in total. The summed E-state index contributed by atoms with van der Waals surface area (Å²) in [6, 6.07) is 8.49. The van der Waals surface area contributed by atoms with Gasteiger partial charge in [0.1, 0.15) is 5.75 Å². The van der Waals surface area contributed by atoms with Gasteiger partial charge in [0, 0.05) is 24.8 Å². The first-order valence-corrected chi connectivity index (χ1v) is 6.57. The summed E-state index contributed by atoms with van der Waals surface area (Å²) in [4.78, 5) is 0. The normalized spacial score (nSPS) is 12.4. The Morgan fingerprint density at radius 2 is 2.26 bits per heavy atom. The molecule has 1 atom stereocenters. The van der Waals surface area contributed by atoms with E-state index in [0.29, 0.717) is 0 Å². The van der Waals surface area contributed by atoms with Crippen molar-refractivity contribution in [2.75, 3.05) is 13.7 Å². The molecule has 0 bridgehead atoms. The van der Waals surface area contributed by atoms with Gasteiger partial charge in [-0.2, -0.15) is 5.10 Å². The Morgan fingerprint density at radius 1 is 1.42 bits per heavy atom. The van der Waals surface area contributed by atoms with Crippen LogP contribution in [0.4, 0.5) is 0 Å². The summed E-state index contributed by atoms with van der Waals surface area (Å²) in [5.74, 6) is 0.902. The molecule has 102 valence electrons. The smallest absolute Gasteiger partial charge is 0.119 e. The topological polar surface area (TPSA) is 39.1 Å². The minimum atomic E-state index is 0.283. The molecule has 1 heterocycles. The number of nitrogens with zero attached hydrogens (tertiary/aromatic N) is 2. The third-order valence-corrected chi connectivity index (χ3v) is 3.15. The number of nitrogens with one attached hydrogen (secondary N) is 1. The number of aryl methyl sites for hydroxylation is 1. The van der Waals surface area contributed by atoms with Crippen LogP contribution in [0.5, 0.6) is 5.75 Å². The Balaban J connectivity index is 2.16. The van der Waals surface area contributed by atoms with Gasteiger partial charge in [0.25, 0.3) is 0 Å². The summed E-state index contributed by atoms with van der Waals surface area (Å²) in [6.45, 7) is 3.05. The first kappa shape index (κ1) is 13.6. The van der Waals surface area contributed by atoms with Crippen LogP contribution in [-0.2, 0) is 13.5 Å². The number of aromatic nitrogens is 2. The highest BCUT2D eigenvalue weighted by Crippen LogP contribution is 2.20. The molecule has 1 aromatic carbocycles. The number of ether oxygens (including phenoxy) is 1. The van der Waals surface area contributed by atoms with E-state index in [0.717, 1.165) is 18.7 Å². The predicted molar refractivity (Wildman–Crippen MR) is 76.3 cm³/mol. The van der Waals surface area contributed by atoms with Crippen molar-refractivity contribution in [2.24, 2.45) is 7.05 Å². The summed E-state index contributed by atoms with van der Waals surface area (Å²) in [5.41, 5.74) is 2.47. The van der Waals surface area contributed by atoms with E-state index < -0.39 is 0 Å². The number of benzene rings is 1. The molecule has 0 spiro atoms. The molecule has 1 N–H and O–H groups in total. The highest BCUT2D eigenvalue weighted by Gasteiger charge is 2.13. The second kappa shape index (κ2) is 6.38. The maximum atomic E-state index is 5.27. The van der Waals surface area contributed by atoms with Crippen LogP contribution in [0.25, 0.3) is 0 Å². The molecular weight excluding hydrogens is 238 g/mol. The zero-order valence-corrected chi connectivity index (χ0v) is 11.8. The van der Waals surface area contributed by atoms with E-state index in [1.54, 1.807) is 7.11 Å². The quantitative estimate of drug-likeness (QED) is 0.865. The average Bonchev–Trinajstić information content (AvgIpc) is 2.85. The van der Waals surface area contributed by atoms with Gasteiger partial charge in [0.15, 0.2) is 0 Å². The van der Waals surface area contributed by atoms with Crippen LogP contribution in [-0.4, -0.2) is 23.4 Å². The minimum absolute atomic E-state index is 0.283. The van der Waals surface area contributed by atoms with E-state index in [2.05, 4.69) is 35.7 Å². The molecule has 19 heavy (non-hydrogen) atoms. The number of rotatable bonds is 6. The first-order valence-electron chi connectivity index (χ1n) is 6.57. The Bertz CT molecular complexity index is 522. The Kier molecular flexibility index (Phi) is 4.58. The molecule has 2 aromatic rings. The van der Waals surface area contributed by atoms with Crippen LogP contribution in [0.15, 0.2) is 36.7 Å². The fourth-order valence-corrected chi connectivity index (χ4v) is 2.21. The zero-order chi connectivity index (χ0) is 13.7. The average molecular weight is 259 g/mol. The lowest BCUT2D eigenvalue weighted by atomic mass is 10.0. The molecule has 0 aliphatic rings. The summed E-state index contributed by atoms with van der Waals surface area (Å²) >= 11 is 0. The van der Waals surface area contributed by atoms with Crippen molar-refractivity contribution in [1.82, 2.24) is 15.1 Å². The van der Waals surface area contributed by atoms with Crippen LogP contribution in [0.1, 0.15) is 24.1 Å². The molecule has 0 saturated heterocycles. The fourth-order valence-electron chi connectivity index (χ4n) is 2.21. The van der Waals surface area contributed by atoms with Crippen LogP contribution in [0.3, 0.4) is 0 Å². The zero-order valence-electron chi connectivity index (χ0n) is 11.8. The molecule has 2 rings (SSSR count). The Hall–Kier alpha value is -1.81. The molecule has 0 aliphatic carbocycles. The molecule has 0 radical (unpaired) electrons. The summed E-state index contributed by atoms with van der Waals surface area (Å²) in [5, 5.41) is 7.75. The number of hydrogen-bond donors (Lipinski definition) is 1. The van der Waals surface area contributed by atoms with Crippen LogP contribution < -0.4 is 10.1 Å². The highest BCUT2D eigenvalue weighted by molar-refractivity contribution is 5.30. The summed E-state index contributed by atoms with van der Waals surface area (Å²) < 4.78 is 7.11. The number of likely N-dealkylation sites (N-methyl/N-ethyl adjacent to an activating group) is 1. The molecule has 4 heteroatoms. The van der Waals surface area contributed by atoms with Gasteiger partial charge < -0.3 is 10.1 Å². The van der Waals surface area contributed by atoms with Crippen molar-refractivity contribution in [3.05, 3.63) is 47.8 Å². The van der Waals surface area contributed by atoms with Gasteiger partial charge in [-0.1, -0.05) is 19.1 Å². The number of hydrogen-bond acceptors (Lipinski definition) is 3. The fraction of sp³-hybridized carbons (Fsp3) is 0.400. The maximum absolute atomic E-state index is 5.27. The van der Waals surface area contributed by atoms with Crippen LogP contribution >= 0.6 is 0 Å². The standard InChI is InChI=1S/C15H21N3O/c1-4-16-15(13-10-17-18(2)11-13)9-12-6-5-7-14(8-12)19-3/h5-8,10-11,15-16H,4,9H2,1-3H3. The highest BCUT2D eigenvalue weighted by atomic mass is 16.5. The van der Waals surface area contributed by atoms with Gasteiger partial charge in [-0.25, -0.2) is 0 Å². The molecule has 1 unspecified atom stereocenters. The SMILES string of the molecule is CCNC(Cc1cccc(OC)c1)c1cnn(C)c1. The van der Waals surface area contributed by atoms with E-state index in [-0.39, 0.29) is 6.04 Å². The van der Waals surface area contributed by atoms with Crippen molar-refractivity contribution in [1.29, 1.82) is 0 Å². The Morgan fingerprint density at radius 3 is 2.89 bits per heavy atom. The van der Waals surface area contributed by atoms with Gasteiger partial charge in [-0.15, -0.1) is 0 Å². The van der Waals surface area contributed by atoms with Crippen LogP contribution in [0, 0.1) is 0 Å². The summed E-state index contributed by atoms with van der Waals surface area (Å²) in [7, 11) is 3.64. The van der Waals surface area contributed by atoms with Gasteiger partial charge >= 0.3 is 0 Å². The second-order valence-corrected chi connectivity index (χ2v) is 4.61. The first-order chi connectivity index (χ1) is 9.22. The molecule has 0 aliphatic heterocycles. The second-order valence-electron chi connectivity index (χ2n) is 4.61. The van der Waals surface area contributed by atoms with E-state index in [9.17, 15) is 0 Å². The lowest BCUT2D eigenvalue weighted by Gasteiger charge is -2.16. The molecule has 1 aromatic heterocycles. The Labute approximate surface area is 114 Å². The third kappa shape index (κ3) is 3.58. The maximum Gasteiger partial charge on any atom is 0.119 e. The van der Waals surface area contributed by atoms with Gasteiger partial charge in [0.2, 0.25) is 0 Å². The van der Waals surface area contributed by atoms with E-state index in [1.807, 2.05) is 30.1 Å². The third-order valence-electron chi connectivity index (χ3n) is 3.15. The van der Waals surface area contributed by atoms with Crippen molar-refractivity contribution in [3.63, 3.8) is 0 Å². The summed E-state index contributed by atoms with van der Waals surface area (Å²) in [6.07, 6.45) is 4.91. The predicted octanol–water partition coefficient (Wildman–Crippen LogP) is 2.32. The van der Waals surface area contributed by atoms with E-state index in [1.165, 1.54) is 11.1 Å². The largest absolute Gasteiger partial charge is 0.497 e. The van der Waals surface area contributed by atoms with Crippen molar-refractivity contribution in [2.45, 2.75) is 19.4 Å². The molecule has 0 amide bonds. The lowest BCUT2D eigenvalue weighted by molar-refractivity contribution is 0.414. The van der Waals surface area contributed by atoms with Crippen LogP contribution in [0.2, 0.25) is 0 Å². The monoisotopic (exact) mass is 259 g/mol.